The second-order valence-corrected chi connectivity index (χ2v) is 8.45. The van der Waals surface area contributed by atoms with Crippen LogP contribution in [0.2, 0.25) is 0 Å². The summed E-state index contributed by atoms with van der Waals surface area (Å²) in [5.74, 6) is -0.846. The number of nitrogens with zero attached hydrogens (tertiary/aromatic N) is 1. The first-order valence-electron chi connectivity index (χ1n) is 11.9. The molecule has 4 rings (SSSR count). The van der Waals surface area contributed by atoms with Crippen LogP contribution in [-0.2, 0) is 9.53 Å². The number of methoxy groups -OCH3 is 1. The predicted octanol–water partition coefficient (Wildman–Crippen LogP) is 5.25. The average molecular weight is 532 g/mol. The molecule has 11 heteroatoms. The fraction of sp³-hybridized carbons (Fsp3) is 0.143. The van der Waals surface area contributed by atoms with Crippen molar-refractivity contribution >= 4 is 29.3 Å². The number of halogens is 1. The number of carbonyl (C=O) groups is 3. The molecule has 0 unspecified atom stereocenters. The molecule has 2 heterocycles. The van der Waals surface area contributed by atoms with E-state index in [2.05, 4.69) is 30.7 Å². The zero-order valence-electron chi connectivity index (χ0n) is 21.2. The molecule has 0 aliphatic carbocycles. The molecule has 0 spiro atoms. The molecule has 3 amide bonds. The number of aryl methyl sites for hydroxylation is 1. The van der Waals surface area contributed by atoms with Gasteiger partial charge in [-0.1, -0.05) is 12.1 Å². The Balaban J connectivity index is 1.37. The summed E-state index contributed by atoms with van der Waals surface area (Å²) in [5.41, 5.74) is 2.98. The van der Waals surface area contributed by atoms with Gasteiger partial charge in [-0.25, -0.2) is 9.18 Å². The van der Waals surface area contributed by atoms with Crippen molar-refractivity contribution in [1.82, 2.24) is 15.3 Å². The molecule has 0 radical (unpaired) electrons. The molecule has 0 atom stereocenters. The van der Waals surface area contributed by atoms with Gasteiger partial charge in [0.05, 0.1) is 36.2 Å². The summed E-state index contributed by atoms with van der Waals surface area (Å²) in [5, 5.41) is 7.78. The van der Waals surface area contributed by atoms with Gasteiger partial charge in [-0.15, -0.1) is 0 Å². The van der Waals surface area contributed by atoms with Crippen LogP contribution >= 0.6 is 0 Å². The topological polar surface area (TPSA) is 134 Å². The predicted molar refractivity (Wildman–Crippen MR) is 143 cm³/mol. The molecule has 200 valence electrons. The van der Waals surface area contributed by atoms with Gasteiger partial charge in [0, 0.05) is 36.8 Å². The summed E-state index contributed by atoms with van der Waals surface area (Å²) in [6.07, 6.45) is 3.11. The summed E-state index contributed by atoms with van der Waals surface area (Å²) in [4.78, 5) is 43.0. The number of benzene rings is 2. The van der Waals surface area contributed by atoms with Crippen LogP contribution in [0.1, 0.15) is 22.3 Å². The number of ether oxygens (including phenoxy) is 2. The summed E-state index contributed by atoms with van der Waals surface area (Å²) < 4.78 is 25.0. The highest BCUT2D eigenvalue weighted by Crippen LogP contribution is 2.28. The van der Waals surface area contributed by atoms with Crippen molar-refractivity contribution in [3.8, 4) is 22.9 Å². The van der Waals surface area contributed by atoms with E-state index in [1.165, 1.54) is 31.6 Å². The first-order chi connectivity index (χ1) is 18.8. The maximum atomic E-state index is 14.7. The molecule has 10 nitrogen and oxygen atoms in total. The first-order valence-corrected chi connectivity index (χ1v) is 11.9. The van der Waals surface area contributed by atoms with Gasteiger partial charge in [0.1, 0.15) is 17.3 Å². The van der Waals surface area contributed by atoms with Crippen LogP contribution < -0.4 is 20.7 Å². The Hall–Kier alpha value is -5.19. The molecule has 0 fully saturated rings. The van der Waals surface area contributed by atoms with Crippen molar-refractivity contribution < 1.29 is 28.2 Å². The van der Waals surface area contributed by atoms with Crippen molar-refractivity contribution in [2.75, 3.05) is 24.3 Å². The van der Waals surface area contributed by atoms with E-state index in [4.69, 9.17) is 4.74 Å². The van der Waals surface area contributed by atoms with Crippen LogP contribution in [0.25, 0.3) is 11.4 Å². The molecule has 0 saturated heterocycles. The largest absolute Gasteiger partial charge is 0.469 e. The highest BCUT2D eigenvalue weighted by molar-refractivity contribution is 6.00. The van der Waals surface area contributed by atoms with Crippen LogP contribution in [0.3, 0.4) is 0 Å². The number of nitrogens with one attached hydrogen (secondary N) is 4. The van der Waals surface area contributed by atoms with Crippen molar-refractivity contribution in [3.63, 3.8) is 0 Å². The molecular formula is C28H26FN5O5. The quantitative estimate of drug-likeness (QED) is 0.218. The monoisotopic (exact) mass is 531 g/mol. The second-order valence-electron chi connectivity index (χ2n) is 8.45. The Kier molecular flexibility index (Phi) is 8.52. The van der Waals surface area contributed by atoms with E-state index >= 15 is 0 Å². The molecular weight excluding hydrogens is 505 g/mol. The number of pyridine rings is 1. The number of urea groups is 1. The number of hydrogen-bond acceptors (Lipinski definition) is 6. The number of anilines is 2. The number of amides is 3. The minimum Gasteiger partial charge on any atom is -0.469 e. The number of aromatic amines is 1. The third kappa shape index (κ3) is 7.41. The van der Waals surface area contributed by atoms with Crippen molar-refractivity contribution in [1.29, 1.82) is 0 Å². The highest BCUT2D eigenvalue weighted by atomic mass is 19.1. The average Bonchev–Trinajstić information content (AvgIpc) is 3.41. The molecule has 2 aromatic heterocycles. The SMILES string of the molecule is COC(=O)CCNC(=O)c1c[nH]c(-c2cc(Oc3ccc(NC(=O)Nc4cccc(C)c4)c(F)c3)ccn2)c1. The standard InChI is InChI=1S/C28H26FN5O5/c1-17-4-3-5-19(12-17)33-28(37)34-23-7-6-20(14-22(23)29)39-21-8-10-30-25(15-21)24-13-18(16-32-24)27(36)31-11-9-26(35)38-2/h3-8,10,12-16,32H,9,11H2,1-2H3,(H,31,36)(H2,33,34,37). The smallest absolute Gasteiger partial charge is 0.323 e. The summed E-state index contributed by atoms with van der Waals surface area (Å²) in [6, 6.07) is 15.6. The minimum atomic E-state index is -0.673. The van der Waals surface area contributed by atoms with E-state index in [1.54, 1.807) is 30.3 Å². The summed E-state index contributed by atoms with van der Waals surface area (Å²) in [7, 11) is 1.28. The van der Waals surface area contributed by atoms with Crippen LogP contribution in [0.4, 0.5) is 20.6 Å². The molecule has 39 heavy (non-hydrogen) atoms. The van der Waals surface area contributed by atoms with E-state index in [0.29, 0.717) is 28.4 Å². The third-order valence-corrected chi connectivity index (χ3v) is 5.50. The van der Waals surface area contributed by atoms with Gasteiger partial charge >= 0.3 is 12.0 Å². The lowest BCUT2D eigenvalue weighted by atomic mass is 10.2. The number of rotatable bonds is 9. The minimum absolute atomic E-state index is 0.00769. The Morgan fingerprint density at radius 1 is 1.00 bits per heavy atom. The van der Waals surface area contributed by atoms with Gasteiger partial charge in [-0.2, -0.15) is 0 Å². The number of H-pyrrole nitrogens is 1. The van der Waals surface area contributed by atoms with Crippen LogP contribution in [0, 0.1) is 12.7 Å². The zero-order valence-corrected chi connectivity index (χ0v) is 21.2. The van der Waals surface area contributed by atoms with Crippen LogP contribution in [0.15, 0.2) is 73.1 Å². The van der Waals surface area contributed by atoms with E-state index in [-0.39, 0.29) is 30.3 Å². The van der Waals surface area contributed by atoms with Gasteiger partial charge in [-0.3, -0.25) is 14.6 Å². The molecule has 0 aliphatic heterocycles. The Labute approximate surface area is 223 Å². The molecule has 2 aromatic carbocycles. The Morgan fingerprint density at radius 3 is 2.59 bits per heavy atom. The van der Waals surface area contributed by atoms with Gasteiger partial charge in [0.15, 0.2) is 0 Å². The van der Waals surface area contributed by atoms with Crippen LogP contribution in [0.5, 0.6) is 11.5 Å². The van der Waals surface area contributed by atoms with Gasteiger partial charge < -0.3 is 30.4 Å². The fourth-order valence-electron chi connectivity index (χ4n) is 3.58. The molecule has 0 saturated carbocycles. The summed E-state index contributed by atoms with van der Waals surface area (Å²) in [6.45, 7) is 2.05. The van der Waals surface area contributed by atoms with E-state index in [0.717, 1.165) is 11.6 Å². The zero-order chi connectivity index (χ0) is 27.8. The number of esters is 1. The number of hydrogen-bond donors (Lipinski definition) is 4. The maximum absolute atomic E-state index is 14.7. The van der Waals surface area contributed by atoms with Gasteiger partial charge in [0.25, 0.3) is 5.91 Å². The van der Waals surface area contributed by atoms with Crippen molar-refractivity contribution in [2.45, 2.75) is 13.3 Å². The van der Waals surface area contributed by atoms with Crippen molar-refractivity contribution in [2.24, 2.45) is 0 Å². The van der Waals surface area contributed by atoms with Crippen molar-refractivity contribution in [3.05, 3.63) is 90.0 Å². The second kappa shape index (κ2) is 12.4. The maximum Gasteiger partial charge on any atom is 0.323 e. The lowest BCUT2D eigenvalue weighted by molar-refractivity contribution is -0.140. The van der Waals surface area contributed by atoms with E-state index in [1.807, 2.05) is 19.1 Å². The van der Waals surface area contributed by atoms with Gasteiger partial charge in [-0.05, 0) is 48.9 Å². The summed E-state index contributed by atoms with van der Waals surface area (Å²) >= 11 is 0. The normalized spacial score (nSPS) is 10.4. The molecule has 4 N–H and O–H groups in total. The Morgan fingerprint density at radius 2 is 1.82 bits per heavy atom. The highest BCUT2D eigenvalue weighted by Gasteiger charge is 2.13. The van der Waals surface area contributed by atoms with E-state index in [9.17, 15) is 18.8 Å². The Bertz CT molecular complexity index is 1500. The molecule has 0 bridgehead atoms. The first kappa shape index (κ1) is 26.9. The van der Waals surface area contributed by atoms with E-state index < -0.39 is 17.8 Å². The fourth-order valence-corrected chi connectivity index (χ4v) is 3.58. The molecule has 0 aliphatic rings. The van der Waals surface area contributed by atoms with Gasteiger partial charge in [0.2, 0.25) is 0 Å². The molecule has 4 aromatic rings. The van der Waals surface area contributed by atoms with Crippen LogP contribution in [-0.4, -0.2) is 41.5 Å². The lowest BCUT2D eigenvalue weighted by Gasteiger charge is -2.11. The lowest BCUT2D eigenvalue weighted by Crippen LogP contribution is -2.25. The number of carbonyl (C=O) groups excluding carboxylic acids is 3. The third-order valence-electron chi connectivity index (χ3n) is 5.50. The number of aromatic nitrogens is 2.